The minimum absolute atomic E-state index is 0.00777. The van der Waals surface area contributed by atoms with E-state index in [1.54, 1.807) is 0 Å². The molecule has 0 fully saturated rings. The number of aliphatic hydroxyl groups is 2. The number of rotatable bonds is 41. The van der Waals surface area contributed by atoms with Crippen molar-refractivity contribution < 1.29 is 43.0 Å². The van der Waals surface area contributed by atoms with Crippen molar-refractivity contribution in [3.05, 3.63) is 122 Å². The average molecular weight is 857 g/mol. The van der Waals surface area contributed by atoms with Gasteiger partial charge in [0.15, 0.2) is 0 Å². The summed E-state index contributed by atoms with van der Waals surface area (Å²) < 4.78 is 33.3. The number of hydrogen-bond donors (Lipinski definition) is 3. The summed E-state index contributed by atoms with van der Waals surface area (Å²) in [6, 6.07) is 0. The Morgan fingerprint density at radius 2 is 0.900 bits per heavy atom. The molecule has 0 aliphatic carbocycles. The van der Waals surface area contributed by atoms with Gasteiger partial charge in [-0.1, -0.05) is 155 Å². The van der Waals surface area contributed by atoms with Crippen molar-refractivity contribution in [1.82, 2.24) is 0 Å². The van der Waals surface area contributed by atoms with Crippen molar-refractivity contribution >= 4 is 13.8 Å². The monoisotopic (exact) mass is 857 g/mol. The summed E-state index contributed by atoms with van der Waals surface area (Å²) in [4.78, 5) is 22.6. The molecule has 0 saturated carbocycles. The number of hydrogen-bond acceptors (Lipinski definition) is 8. The second-order valence-corrected chi connectivity index (χ2v) is 15.8. The molecule has 0 spiro atoms. The van der Waals surface area contributed by atoms with E-state index in [0.717, 1.165) is 116 Å². The van der Waals surface area contributed by atoms with Gasteiger partial charge in [0.2, 0.25) is 0 Å². The lowest BCUT2D eigenvalue weighted by Gasteiger charge is -2.20. The molecule has 0 aromatic rings. The minimum atomic E-state index is -4.55. The first kappa shape index (κ1) is 56.9. The van der Waals surface area contributed by atoms with Gasteiger partial charge in [0.1, 0.15) is 12.2 Å². The zero-order valence-corrected chi connectivity index (χ0v) is 38.0. The van der Waals surface area contributed by atoms with Crippen LogP contribution in [0.25, 0.3) is 0 Å². The fourth-order valence-electron chi connectivity index (χ4n) is 5.29. The summed E-state index contributed by atoms with van der Waals surface area (Å²) in [7, 11) is -4.55. The predicted octanol–water partition coefficient (Wildman–Crippen LogP) is 12.8. The molecule has 0 saturated heterocycles. The van der Waals surface area contributed by atoms with Crippen LogP contribution in [0.15, 0.2) is 122 Å². The molecule has 0 heterocycles. The highest BCUT2D eigenvalue weighted by Gasteiger charge is 2.26. The van der Waals surface area contributed by atoms with Gasteiger partial charge in [-0.05, 0) is 103 Å². The molecule has 0 amide bonds. The average Bonchev–Trinajstić information content (AvgIpc) is 3.24. The molecule has 10 heteroatoms. The Labute approximate surface area is 364 Å². The van der Waals surface area contributed by atoms with Gasteiger partial charge in [-0.15, -0.1) is 0 Å². The van der Waals surface area contributed by atoms with E-state index in [0.29, 0.717) is 13.0 Å². The lowest BCUT2D eigenvalue weighted by atomic mass is 10.1. The highest BCUT2D eigenvalue weighted by atomic mass is 31.2. The predicted molar refractivity (Wildman–Crippen MR) is 251 cm³/mol. The van der Waals surface area contributed by atoms with Crippen LogP contribution in [0.3, 0.4) is 0 Å². The fraction of sp³-hybridized carbons (Fsp3) is 0.580. The van der Waals surface area contributed by atoms with E-state index >= 15 is 0 Å². The minimum Gasteiger partial charge on any atom is -0.457 e. The molecule has 3 unspecified atom stereocenters. The van der Waals surface area contributed by atoms with E-state index in [2.05, 4.69) is 135 Å². The smallest absolute Gasteiger partial charge is 0.457 e. The molecular formula is C50H81O9P. The van der Waals surface area contributed by atoms with Crippen LogP contribution >= 0.6 is 7.82 Å². The third-order valence-electron chi connectivity index (χ3n) is 8.64. The van der Waals surface area contributed by atoms with Crippen LogP contribution < -0.4 is 0 Å². The number of unbranched alkanes of at least 4 members (excludes halogenated alkanes) is 7. The van der Waals surface area contributed by atoms with E-state index in [9.17, 15) is 19.4 Å². The van der Waals surface area contributed by atoms with Crippen LogP contribution in [0.4, 0.5) is 0 Å². The summed E-state index contributed by atoms with van der Waals surface area (Å²) in [5.41, 5.74) is 0. The summed E-state index contributed by atoms with van der Waals surface area (Å²) in [6.07, 6.45) is 60.2. The van der Waals surface area contributed by atoms with Crippen LogP contribution in [0.1, 0.15) is 142 Å². The first-order valence-electron chi connectivity index (χ1n) is 22.5. The highest BCUT2D eigenvalue weighted by molar-refractivity contribution is 7.47. The number of allylic oxidation sites excluding steroid dienone is 20. The molecule has 0 radical (unpaired) electrons. The van der Waals surface area contributed by atoms with Crippen molar-refractivity contribution in [2.45, 2.75) is 154 Å². The van der Waals surface area contributed by atoms with Crippen LogP contribution in [0.2, 0.25) is 0 Å². The third-order valence-corrected chi connectivity index (χ3v) is 9.59. The Kier molecular flexibility index (Phi) is 43.0. The van der Waals surface area contributed by atoms with Crippen molar-refractivity contribution in [2.24, 2.45) is 0 Å². The Balaban J connectivity index is 4.30. The van der Waals surface area contributed by atoms with Gasteiger partial charge in [0, 0.05) is 13.0 Å². The van der Waals surface area contributed by atoms with E-state index in [4.69, 9.17) is 23.6 Å². The van der Waals surface area contributed by atoms with Crippen LogP contribution in [-0.4, -0.2) is 66.3 Å². The van der Waals surface area contributed by atoms with E-state index in [1.165, 1.54) is 0 Å². The van der Waals surface area contributed by atoms with Gasteiger partial charge in [-0.25, -0.2) is 4.57 Å². The maximum absolute atomic E-state index is 12.6. The number of carbonyl (C=O) groups is 1. The molecule has 0 rings (SSSR count). The summed E-state index contributed by atoms with van der Waals surface area (Å²) in [5, 5.41) is 18.4. The maximum Gasteiger partial charge on any atom is 0.472 e. The summed E-state index contributed by atoms with van der Waals surface area (Å²) in [6.45, 7) is 3.13. The SMILES string of the molecule is CC/C=C\C/C=C\C/C=C\C/C=C\C/C=C\C/C=C\CCCCCCC(=O)OC(COCCCCC/C=C\C/C=C\C/C=C\C/C=C\CC)COP(=O)(O)OCC(O)CO. The molecule has 0 aliphatic rings. The van der Waals surface area contributed by atoms with Gasteiger partial charge in [0.05, 0.1) is 26.4 Å². The number of aliphatic hydroxyl groups excluding tert-OH is 2. The van der Waals surface area contributed by atoms with Gasteiger partial charge < -0.3 is 24.6 Å². The first-order valence-corrected chi connectivity index (χ1v) is 24.0. The molecule has 0 aliphatic heterocycles. The molecule has 9 nitrogen and oxygen atoms in total. The molecule has 340 valence electrons. The quantitative estimate of drug-likeness (QED) is 0.0238. The summed E-state index contributed by atoms with van der Waals surface area (Å²) in [5.74, 6) is -0.425. The van der Waals surface area contributed by atoms with Gasteiger partial charge in [-0.2, -0.15) is 0 Å². The molecule has 3 N–H and O–H groups in total. The Bertz CT molecular complexity index is 1340. The second kappa shape index (κ2) is 45.4. The van der Waals surface area contributed by atoms with Crippen molar-refractivity contribution in [3.63, 3.8) is 0 Å². The second-order valence-electron chi connectivity index (χ2n) is 14.3. The van der Waals surface area contributed by atoms with E-state index in [1.807, 2.05) is 0 Å². The normalized spacial score (nSPS) is 15.1. The fourth-order valence-corrected chi connectivity index (χ4v) is 6.08. The first-order chi connectivity index (χ1) is 29.3. The molecule has 0 aromatic heterocycles. The van der Waals surface area contributed by atoms with Crippen LogP contribution in [0, 0.1) is 0 Å². The maximum atomic E-state index is 12.6. The molecule has 0 aromatic carbocycles. The van der Waals surface area contributed by atoms with Gasteiger partial charge in [0.25, 0.3) is 0 Å². The number of phosphoric acid groups is 1. The molecule has 0 bridgehead atoms. The molecular weight excluding hydrogens is 776 g/mol. The summed E-state index contributed by atoms with van der Waals surface area (Å²) >= 11 is 0. The zero-order valence-electron chi connectivity index (χ0n) is 37.1. The lowest BCUT2D eigenvalue weighted by molar-refractivity contribution is -0.154. The van der Waals surface area contributed by atoms with Crippen molar-refractivity contribution in [1.29, 1.82) is 0 Å². The van der Waals surface area contributed by atoms with E-state index < -0.39 is 45.8 Å². The largest absolute Gasteiger partial charge is 0.472 e. The van der Waals surface area contributed by atoms with Crippen molar-refractivity contribution in [2.75, 3.05) is 33.0 Å². The number of carbonyl (C=O) groups excluding carboxylic acids is 1. The lowest BCUT2D eigenvalue weighted by Crippen LogP contribution is -2.29. The molecule has 3 atom stereocenters. The van der Waals surface area contributed by atoms with Crippen LogP contribution in [0.5, 0.6) is 0 Å². The van der Waals surface area contributed by atoms with Crippen molar-refractivity contribution in [3.8, 4) is 0 Å². The number of ether oxygens (including phenoxy) is 2. The number of esters is 1. The Morgan fingerprint density at radius 1 is 0.517 bits per heavy atom. The van der Waals surface area contributed by atoms with Gasteiger partial charge >= 0.3 is 13.8 Å². The zero-order chi connectivity index (χ0) is 43.9. The topological polar surface area (TPSA) is 132 Å². The standard InChI is InChI=1S/C50H81O9P/c1-3-5-7-9-11-13-15-17-19-21-22-23-24-25-26-27-28-30-32-34-36-38-40-42-50(53)59-49(47-58-60(54,55)57-45-48(52)44-51)46-56-43-41-39-37-35-33-31-29-20-18-16-14-12-10-8-6-4-2/h5-8,11-14,17-20,22-23,25-26,28,30-31,33,48-49,51-52H,3-4,9-10,15-16,21,24,27,29,32,34-47H2,1-2H3,(H,54,55)/b7-5-,8-6-,13-11-,14-12-,19-17-,20-18-,23-22-,26-25-,30-28-,33-31-. The van der Waals surface area contributed by atoms with Gasteiger partial charge in [-0.3, -0.25) is 13.8 Å². The van der Waals surface area contributed by atoms with Crippen LogP contribution in [-0.2, 0) is 27.9 Å². The Hall–Kier alpha value is -3.14. The number of phosphoric ester groups is 1. The highest BCUT2D eigenvalue weighted by Crippen LogP contribution is 2.43. The Morgan fingerprint density at radius 3 is 1.33 bits per heavy atom. The third kappa shape index (κ3) is 44.4. The molecule has 60 heavy (non-hydrogen) atoms. The van der Waals surface area contributed by atoms with E-state index in [-0.39, 0.29) is 13.0 Å².